The maximum Gasteiger partial charge on any atom is 0.322 e. The maximum absolute atomic E-state index is 14.4. The van der Waals surface area contributed by atoms with Gasteiger partial charge in [-0.2, -0.15) is 0 Å². The summed E-state index contributed by atoms with van der Waals surface area (Å²) in [6.45, 7) is 5.85. The molecule has 0 aromatic heterocycles. The molecule has 1 unspecified atom stereocenters. The molecule has 4 heterocycles. The number of hydrogen-bond donors (Lipinski definition) is 2. The first-order valence-corrected chi connectivity index (χ1v) is 18.7. The molecule has 6 rings (SSSR count). The molecule has 49 heavy (non-hydrogen) atoms. The standard InChI is InChI=1S/C35H43Br2FN6O5/c36-28-18-23(19-29(37)33(28)38)17-25(34(48)43-11-5-26(6-12-43)41-15-13-40(14-16-41)22-32(46)47)20-31(45)42-9-7-27(8-10-42)44-21-24-3-1-2-4-30(24)39-35(44)49/h1-4,18-19,25-27H,5-17,20-22H2,(H,39,49)(H,46,47). The summed E-state index contributed by atoms with van der Waals surface area (Å²) in [7, 11) is 0. The highest BCUT2D eigenvalue weighted by molar-refractivity contribution is 9.11. The number of likely N-dealkylation sites (tertiary alicyclic amines) is 2. The number of benzene rings is 2. The summed E-state index contributed by atoms with van der Waals surface area (Å²) >= 11 is 6.56. The van der Waals surface area contributed by atoms with E-state index < -0.39 is 17.7 Å². The Balaban J connectivity index is 1.07. The van der Waals surface area contributed by atoms with E-state index in [-0.39, 0.29) is 36.9 Å². The van der Waals surface area contributed by atoms with E-state index in [0.29, 0.717) is 67.0 Å². The van der Waals surface area contributed by atoms with Crippen LogP contribution in [0.15, 0.2) is 45.3 Å². The second-order valence-corrected chi connectivity index (χ2v) is 15.3. The van der Waals surface area contributed by atoms with Crippen molar-refractivity contribution in [1.29, 1.82) is 0 Å². The predicted octanol–water partition coefficient (Wildman–Crippen LogP) is 4.63. The number of halogens is 3. The second-order valence-electron chi connectivity index (χ2n) is 13.6. The van der Waals surface area contributed by atoms with Gasteiger partial charge in [-0.25, -0.2) is 9.18 Å². The Morgan fingerprint density at radius 3 is 2.14 bits per heavy atom. The number of carbonyl (C=O) groups excluding carboxylic acids is 3. The number of amides is 4. The van der Waals surface area contributed by atoms with Gasteiger partial charge in [0, 0.05) is 83.1 Å². The molecule has 11 nitrogen and oxygen atoms in total. The number of rotatable bonds is 9. The summed E-state index contributed by atoms with van der Waals surface area (Å²) in [6.07, 6.45) is 3.32. The number of fused-ring (bicyclic) bond motifs is 1. The van der Waals surface area contributed by atoms with Crippen molar-refractivity contribution < 1.29 is 28.7 Å². The van der Waals surface area contributed by atoms with Gasteiger partial charge in [0.25, 0.3) is 0 Å². The zero-order valence-electron chi connectivity index (χ0n) is 27.5. The number of carboxylic acids is 1. The highest BCUT2D eigenvalue weighted by atomic mass is 79.9. The molecule has 3 saturated heterocycles. The summed E-state index contributed by atoms with van der Waals surface area (Å²) in [6, 6.07) is 11.4. The van der Waals surface area contributed by atoms with Crippen LogP contribution in [0.3, 0.4) is 0 Å². The topological polar surface area (TPSA) is 117 Å². The summed E-state index contributed by atoms with van der Waals surface area (Å²) in [5, 5.41) is 12.1. The van der Waals surface area contributed by atoms with E-state index in [9.17, 15) is 23.6 Å². The Morgan fingerprint density at radius 2 is 1.49 bits per heavy atom. The molecular formula is C35H43Br2FN6O5. The van der Waals surface area contributed by atoms with E-state index in [1.54, 1.807) is 12.1 Å². The van der Waals surface area contributed by atoms with Gasteiger partial charge in [0.1, 0.15) is 0 Å². The largest absolute Gasteiger partial charge is 0.480 e. The molecule has 0 radical (unpaired) electrons. The number of piperazine rings is 1. The van der Waals surface area contributed by atoms with Crippen molar-refractivity contribution in [2.24, 2.45) is 5.92 Å². The molecule has 0 bridgehead atoms. The third-order valence-electron chi connectivity index (χ3n) is 10.5. The number of nitrogens with zero attached hydrogens (tertiary/aromatic N) is 5. The van der Waals surface area contributed by atoms with Gasteiger partial charge in [0.05, 0.1) is 21.4 Å². The van der Waals surface area contributed by atoms with Gasteiger partial charge in [-0.1, -0.05) is 18.2 Å². The predicted molar refractivity (Wildman–Crippen MR) is 189 cm³/mol. The van der Waals surface area contributed by atoms with Crippen molar-refractivity contribution in [3.63, 3.8) is 0 Å². The summed E-state index contributed by atoms with van der Waals surface area (Å²) in [5.74, 6) is -1.97. The van der Waals surface area contributed by atoms with Crippen molar-refractivity contribution in [2.75, 3.05) is 64.2 Å². The number of hydrogen-bond acceptors (Lipinski definition) is 6. The van der Waals surface area contributed by atoms with Gasteiger partial charge < -0.3 is 25.1 Å². The molecular weight excluding hydrogens is 763 g/mol. The molecule has 2 aromatic carbocycles. The lowest BCUT2D eigenvalue weighted by Gasteiger charge is -2.43. The van der Waals surface area contributed by atoms with Crippen LogP contribution in [-0.2, 0) is 27.3 Å². The summed E-state index contributed by atoms with van der Waals surface area (Å²) in [5.41, 5.74) is 2.67. The van der Waals surface area contributed by atoms with Crippen LogP contribution < -0.4 is 5.32 Å². The minimum atomic E-state index is -0.809. The third kappa shape index (κ3) is 8.63. The molecule has 0 spiro atoms. The van der Waals surface area contributed by atoms with E-state index in [1.165, 1.54) is 0 Å². The Labute approximate surface area is 303 Å². The number of piperidine rings is 2. The zero-order chi connectivity index (χ0) is 34.7. The number of urea groups is 1. The monoisotopic (exact) mass is 804 g/mol. The Morgan fingerprint density at radius 1 is 0.878 bits per heavy atom. The lowest BCUT2D eigenvalue weighted by Crippen LogP contribution is -2.55. The van der Waals surface area contributed by atoms with Crippen LogP contribution in [0.4, 0.5) is 14.9 Å². The normalized spacial score (nSPS) is 20.6. The lowest BCUT2D eigenvalue weighted by atomic mass is 9.92. The molecule has 4 aliphatic rings. The summed E-state index contributed by atoms with van der Waals surface area (Å²) in [4.78, 5) is 61.8. The highest BCUT2D eigenvalue weighted by Crippen LogP contribution is 2.31. The first-order chi connectivity index (χ1) is 23.5. The fraction of sp³-hybridized carbons (Fsp3) is 0.543. The van der Waals surface area contributed by atoms with Crippen molar-refractivity contribution in [1.82, 2.24) is 24.5 Å². The zero-order valence-corrected chi connectivity index (χ0v) is 30.6. The van der Waals surface area contributed by atoms with Crippen molar-refractivity contribution >= 4 is 61.4 Å². The number of aliphatic carboxylic acids is 1. The SMILES string of the molecule is O=C(O)CN1CCN(C2CCN(C(=O)C(CC(=O)N3CCC(N4Cc5ccccc5NC4=O)CC3)Cc3cc(Br)c(F)c(Br)c3)CC2)CC1. The minimum Gasteiger partial charge on any atom is -0.480 e. The van der Waals surface area contributed by atoms with E-state index in [2.05, 4.69) is 42.1 Å². The first kappa shape index (κ1) is 35.7. The fourth-order valence-electron chi connectivity index (χ4n) is 7.73. The third-order valence-corrected chi connectivity index (χ3v) is 11.6. The smallest absolute Gasteiger partial charge is 0.322 e. The average molecular weight is 807 g/mol. The number of anilines is 1. The van der Waals surface area contributed by atoms with E-state index in [0.717, 1.165) is 55.8 Å². The molecule has 3 fully saturated rings. The quantitative estimate of drug-likeness (QED) is 0.356. The molecule has 0 aliphatic carbocycles. The Kier molecular flexibility index (Phi) is 11.6. The Hall–Kier alpha value is -3.07. The molecule has 264 valence electrons. The van der Waals surface area contributed by atoms with Gasteiger partial charge in [-0.3, -0.25) is 24.2 Å². The Bertz CT molecular complexity index is 1530. The molecule has 4 amide bonds. The molecule has 4 aliphatic heterocycles. The van der Waals surface area contributed by atoms with E-state index in [1.807, 2.05) is 43.9 Å². The molecule has 0 saturated carbocycles. The number of para-hydroxylation sites is 1. The van der Waals surface area contributed by atoms with Crippen LogP contribution in [0.1, 0.15) is 43.2 Å². The van der Waals surface area contributed by atoms with Gasteiger partial charge in [-0.05, 0) is 93.3 Å². The van der Waals surface area contributed by atoms with Gasteiger partial charge in [0.2, 0.25) is 11.8 Å². The number of nitrogens with one attached hydrogen (secondary N) is 1. The molecule has 1 atom stereocenters. The lowest BCUT2D eigenvalue weighted by molar-refractivity contribution is -0.143. The van der Waals surface area contributed by atoms with Crippen LogP contribution in [0.5, 0.6) is 0 Å². The van der Waals surface area contributed by atoms with E-state index in [4.69, 9.17) is 5.11 Å². The first-order valence-electron chi connectivity index (χ1n) is 17.1. The van der Waals surface area contributed by atoms with Gasteiger partial charge in [0.15, 0.2) is 5.82 Å². The van der Waals surface area contributed by atoms with E-state index >= 15 is 0 Å². The van der Waals surface area contributed by atoms with Crippen LogP contribution in [0.2, 0.25) is 0 Å². The highest BCUT2D eigenvalue weighted by Gasteiger charge is 2.36. The van der Waals surface area contributed by atoms with Crippen LogP contribution >= 0.6 is 31.9 Å². The summed E-state index contributed by atoms with van der Waals surface area (Å²) < 4.78 is 15.0. The van der Waals surface area contributed by atoms with Crippen LogP contribution in [0, 0.1) is 11.7 Å². The fourth-order valence-corrected chi connectivity index (χ4v) is 9.01. The molecule has 2 N–H and O–H groups in total. The van der Waals surface area contributed by atoms with Gasteiger partial charge in [-0.15, -0.1) is 0 Å². The van der Waals surface area contributed by atoms with Crippen LogP contribution in [0.25, 0.3) is 0 Å². The second kappa shape index (κ2) is 15.9. The maximum atomic E-state index is 14.4. The van der Waals surface area contributed by atoms with Crippen LogP contribution in [-0.4, -0.2) is 124 Å². The van der Waals surface area contributed by atoms with Crippen molar-refractivity contribution in [3.05, 3.63) is 62.3 Å². The number of carboxylic acid groups (broad SMARTS) is 1. The number of carbonyl (C=O) groups is 4. The van der Waals surface area contributed by atoms with Crippen molar-refractivity contribution in [2.45, 2.75) is 57.2 Å². The average Bonchev–Trinajstić information content (AvgIpc) is 3.10. The van der Waals surface area contributed by atoms with Gasteiger partial charge >= 0.3 is 12.0 Å². The molecule has 14 heteroatoms. The minimum absolute atomic E-state index is 0.0187. The molecule has 2 aromatic rings. The van der Waals surface area contributed by atoms with Crippen molar-refractivity contribution in [3.8, 4) is 0 Å².